The van der Waals surface area contributed by atoms with Crippen LogP contribution in [0.2, 0.25) is 0 Å². The first-order chi connectivity index (χ1) is 11.8. The number of hydrogen-bond donors (Lipinski definition) is 1. The maximum atomic E-state index is 12.6. The van der Waals surface area contributed by atoms with Gasteiger partial charge in [-0.15, -0.1) is 0 Å². The topological polar surface area (TPSA) is 59.7 Å². The second-order valence-electron chi connectivity index (χ2n) is 8.38. The van der Waals surface area contributed by atoms with E-state index in [4.69, 9.17) is 9.15 Å². The molecule has 4 nitrogen and oxygen atoms in total. The minimum atomic E-state index is -0.567. The summed E-state index contributed by atoms with van der Waals surface area (Å²) >= 11 is 0. The molecule has 1 heterocycles. The van der Waals surface area contributed by atoms with E-state index in [2.05, 4.69) is 20.4 Å². The van der Waals surface area contributed by atoms with Crippen LogP contribution < -0.4 is 0 Å². The van der Waals surface area contributed by atoms with Gasteiger partial charge >= 0.3 is 5.97 Å². The highest BCUT2D eigenvalue weighted by atomic mass is 16.5. The van der Waals surface area contributed by atoms with Gasteiger partial charge in [0, 0.05) is 5.56 Å². The number of methoxy groups -OCH3 is 1. The Morgan fingerprint density at radius 3 is 2.88 bits per heavy atom. The molecule has 0 unspecified atom stereocenters. The molecule has 1 N–H and O–H groups in total. The third-order valence-electron chi connectivity index (χ3n) is 7.06. The fourth-order valence-corrected chi connectivity index (χ4v) is 5.69. The first-order valence-corrected chi connectivity index (χ1v) is 9.29. The van der Waals surface area contributed by atoms with Crippen molar-refractivity contribution in [3.63, 3.8) is 0 Å². The van der Waals surface area contributed by atoms with Crippen LogP contribution in [-0.4, -0.2) is 18.2 Å². The van der Waals surface area contributed by atoms with Crippen molar-refractivity contribution >= 4 is 5.97 Å². The molecule has 1 aromatic rings. The molecule has 0 bridgehead atoms. The number of fused-ring (bicyclic) bond motifs is 1. The lowest BCUT2D eigenvalue weighted by Gasteiger charge is -2.57. The summed E-state index contributed by atoms with van der Waals surface area (Å²) in [5.41, 5.74) is 1.53. The van der Waals surface area contributed by atoms with Crippen molar-refractivity contribution in [2.75, 3.05) is 7.11 Å². The fourth-order valence-electron chi connectivity index (χ4n) is 5.69. The zero-order chi connectivity index (χ0) is 18.2. The molecule has 0 aliphatic heterocycles. The van der Waals surface area contributed by atoms with Crippen molar-refractivity contribution in [2.45, 2.75) is 58.5 Å². The Balaban J connectivity index is 1.90. The lowest BCUT2D eigenvalue weighted by atomic mass is 9.46. The summed E-state index contributed by atoms with van der Waals surface area (Å²) in [4.78, 5) is 12.6. The number of aliphatic hydroxyl groups is 1. The van der Waals surface area contributed by atoms with Crippen molar-refractivity contribution in [2.24, 2.45) is 22.7 Å². The number of ether oxygens (including phenoxy) is 1. The molecular weight excluding hydrogens is 316 g/mol. The Morgan fingerprint density at radius 1 is 1.48 bits per heavy atom. The Kier molecular flexibility index (Phi) is 4.84. The lowest BCUT2D eigenvalue weighted by molar-refractivity contribution is -0.168. The number of aliphatic hydroxyl groups excluding tert-OH is 1. The number of carbonyl (C=O) groups is 1. The van der Waals surface area contributed by atoms with Gasteiger partial charge in [0.1, 0.15) is 0 Å². The molecule has 0 aromatic carbocycles. The van der Waals surface area contributed by atoms with Crippen LogP contribution in [0, 0.1) is 22.7 Å². The zero-order valence-electron chi connectivity index (χ0n) is 15.6. The Labute approximate surface area is 150 Å². The fraction of sp³-hybridized carbons (Fsp3) is 0.667. The molecule has 0 radical (unpaired) electrons. The summed E-state index contributed by atoms with van der Waals surface area (Å²) in [6.45, 7) is 8.68. The molecule has 25 heavy (non-hydrogen) atoms. The quantitative estimate of drug-likeness (QED) is 0.636. The number of esters is 1. The molecule has 0 saturated heterocycles. The van der Waals surface area contributed by atoms with Gasteiger partial charge in [-0.1, -0.05) is 25.5 Å². The molecule has 2 aliphatic rings. The summed E-state index contributed by atoms with van der Waals surface area (Å²) in [6, 6.07) is 1.81. The molecule has 3 rings (SSSR count). The van der Waals surface area contributed by atoms with Gasteiger partial charge in [0.15, 0.2) is 0 Å². The second kappa shape index (κ2) is 6.64. The van der Waals surface area contributed by atoms with Gasteiger partial charge in [0.05, 0.1) is 31.2 Å². The third kappa shape index (κ3) is 2.95. The third-order valence-corrected chi connectivity index (χ3v) is 7.06. The summed E-state index contributed by atoms with van der Waals surface area (Å²) in [5, 5.41) is 10.7. The van der Waals surface area contributed by atoms with Crippen molar-refractivity contribution in [3.8, 4) is 0 Å². The van der Waals surface area contributed by atoms with Crippen LogP contribution in [0.3, 0.4) is 0 Å². The molecule has 0 spiro atoms. The first-order valence-electron chi connectivity index (χ1n) is 9.29. The molecule has 2 saturated carbocycles. The van der Waals surface area contributed by atoms with Crippen LogP contribution in [0.5, 0.6) is 0 Å². The zero-order valence-corrected chi connectivity index (χ0v) is 15.6. The van der Waals surface area contributed by atoms with E-state index in [9.17, 15) is 9.90 Å². The largest absolute Gasteiger partial charge is 0.472 e. The minimum absolute atomic E-state index is 0.0404. The maximum absolute atomic E-state index is 12.6. The number of carbonyl (C=O) groups excluding carboxylic acids is 1. The van der Waals surface area contributed by atoms with Crippen molar-refractivity contribution in [3.05, 3.63) is 36.3 Å². The predicted molar refractivity (Wildman–Crippen MR) is 95.7 cm³/mol. The molecule has 5 atom stereocenters. The van der Waals surface area contributed by atoms with Gasteiger partial charge in [-0.3, -0.25) is 4.79 Å². The van der Waals surface area contributed by atoms with E-state index >= 15 is 0 Å². The maximum Gasteiger partial charge on any atom is 0.311 e. The monoisotopic (exact) mass is 346 g/mol. The molecule has 1 aromatic heterocycles. The predicted octanol–water partition coefficient (Wildman–Crippen LogP) is 4.66. The van der Waals surface area contributed by atoms with E-state index in [0.717, 1.165) is 37.7 Å². The normalized spacial score (nSPS) is 36.6. The number of hydrogen-bond acceptors (Lipinski definition) is 4. The minimum Gasteiger partial charge on any atom is -0.472 e. The standard InChI is InChI=1S/C21H30O4/c1-14-6-7-18-20(2,9-5-10-21(18,3)19(23)24-4)16(14)12-17(22)15-8-11-25-13-15/h8,11,13,16-18,22H,1,5-7,9-10,12H2,2-4H3/t16-,17-,18+,20+,21-/m1/s1. The summed E-state index contributed by atoms with van der Waals surface area (Å²) in [7, 11) is 1.49. The molecule has 2 aliphatic carbocycles. The van der Waals surface area contributed by atoms with Crippen molar-refractivity contribution in [1.29, 1.82) is 0 Å². The Hall–Kier alpha value is -1.55. The van der Waals surface area contributed by atoms with Gasteiger partial charge in [-0.25, -0.2) is 0 Å². The first kappa shape index (κ1) is 18.2. The molecule has 4 heteroatoms. The highest BCUT2D eigenvalue weighted by Crippen LogP contribution is 2.62. The Morgan fingerprint density at radius 2 is 2.24 bits per heavy atom. The van der Waals surface area contributed by atoms with Crippen LogP contribution in [0.1, 0.15) is 64.0 Å². The Bertz CT molecular complexity index is 634. The summed E-state index contributed by atoms with van der Waals surface area (Å²) in [6.07, 6.45) is 8.09. The summed E-state index contributed by atoms with van der Waals surface area (Å²) in [5.74, 6) is 0.360. The average Bonchev–Trinajstić information content (AvgIpc) is 3.11. The smallest absolute Gasteiger partial charge is 0.311 e. The summed E-state index contributed by atoms with van der Waals surface area (Å²) < 4.78 is 10.3. The highest BCUT2D eigenvalue weighted by Gasteiger charge is 2.57. The van der Waals surface area contributed by atoms with Crippen molar-refractivity contribution < 1.29 is 19.1 Å². The van der Waals surface area contributed by atoms with Gasteiger partial charge in [-0.05, 0) is 62.3 Å². The SMILES string of the molecule is C=C1CC[C@H]2[C@@](C)(CCC[C@@]2(C)C(=O)OC)[C@@H]1C[C@@H](O)c1ccoc1. The number of rotatable bonds is 4. The molecule has 2 fully saturated rings. The number of furan rings is 1. The lowest BCUT2D eigenvalue weighted by Crippen LogP contribution is -2.53. The van der Waals surface area contributed by atoms with Gasteiger partial charge in [0.2, 0.25) is 0 Å². The van der Waals surface area contributed by atoms with Gasteiger partial charge in [-0.2, -0.15) is 0 Å². The second-order valence-corrected chi connectivity index (χ2v) is 8.38. The van der Waals surface area contributed by atoms with Gasteiger partial charge in [0.25, 0.3) is 0 Å². The molecular formula is C21H30O4. The van der Waals surface area contributed by atoms with E-state index < -0.39 is 11.5 Å². The highest BCUT2D eigenvalue weighted by molar-refractivity contribution is 5.77. The van der Waals surface area contributed by atoms with Crippen LogP contribution in [0.4, 0.5) is 0 Å². The molecule has 0 amide bonds. The van der Waals surface area contributed by atoms with E-state index in [-0.39, 0.29) is 23.2 Å². The van der Waals surface area contributed by atoms with Crippen LogP contribution in [0.25, 0.3) is 0 Å². The average molecular weight is 346 g/mol. The van der Waals surface area contributed by atoms with Crippen molar-refractivity contribution in [1.82, 2.24) is 0 Å². The molecule has 138 valence electrons. The van der Waals surface area contributed by atoms with E-state index in [1.165, 1.54) is 12.7 Å². The number of allylic oxidation sites excluding steroid dienone is 1. The van der Waals surface area contributed by atoms with Crippen LogP contribution in [0.15, 0.2) is 35.2 Å². The van der Waals surface area contributed by atoms with E-state index in [0.29, 0.717) is 6.42 Å². The van der Waals surface area contributed by atoms with E-state index in [1.807, 2.05) is 6.07 Å². The van der Waals surface area contributed by atoms with Crippen LogP contribution in [-0.2, 0) is 9.53 Å². The van der Waals surface area contributed by atoms with E-state index in [1.54, 1.807) is 12.5 Å². The van der Waals surface area contributed by atoms with Crippen LogP contribution >= 0.6 is 0 Å². The van der Waals surface area contributed by atoms with Gasteiger partial charge < -0.3 is 14.3 Å².